The van der Waals surface area contributed by atoms with E-state index in [4.69, 9.17) is 5.11 Å². The van der Waals surface area contributed by atoms with Crippen LogP contribution < -0.4 is 0 Å². The molecule has 1 aliphatic rings. The highest BCUT2D eigenvalue weighted by atomic mass is 19.1. The first-order valence-electron chi connectivity index (χ1n) is 9.35. The van der Waals surface area contributed by atoms with E-state index in [9.17, 15) is 14.0 Å². The minimum Gasteiger partial charge on any atom is -0.465 e. The van der Waals surface area contributed by atoms with Crippen LogP contribution in [-0.2, 0) is 7.05 Å². The third-order valence-electron chi connectivity index (χ3n) is 5.42. The molecule has 0 radical (unpaired) electrons. The van der Waals surface area contributed by atoms with Crippen molar-refractivity contribution in [3.05, 3.63) is 54.1 Å². The molecule has 8 heteroatoms. The number of halogens is 1. The number of aryl methyl sites for hydroxylation is 1. The molecule has 2 aromatic carbocycles. The molecular weight excluding hydrogens is 375 g/mol. The first kappa shape index (κ1) is 18.9. The second-order valence-corrected chi connectivity index (χ2v) is 7.33. The predicted octanol–water partition coefficient (Wildman–Crippen LogP) is 3.20. The molecule has 1 unspecified atom stereocenters. The molecule has 7 nitrogen and oxygen atoms in total. The molecule has 1 N–H and O–H groups in total. The average molecular weight is 396 g/mol. The SMILES string of the molecule is CC1CN(C(=O)c2ccc(-c3ccc4c(c3)ncn4C)cc2F)CCN1C(=O)O. The second-order valence-electron chi connectivity index (χ2n) is 7.33. The van der Waals surface area contributed by atoms with Crippen molar-refractivity contribution in [2.75, 3.05) is 19.6 Å². The van der Waals surface area contributed by atoms with Crippen LogP contribution in [0.4, 0.5) is 9.18 Å². The molecule has 4 rings (SSSR count). The van der Waals surface area contributed by atoms with Gasteiger partial charge < -0.3 is 19.5 Å². The van der Waals surface area contributed by atoms with E-state index in [-0.39, 0.29) is 31.2 Å². The normalized spacial score (nSPS) is 17.0. The standard InChI is InChI=1S/C21H21FN4O3/c1-13-11-25(7-8-26(13)21(28)29)20(27)16-5-3-14(9-17(16)22)15-4-6-19-18(10-15)23-12-24(19)2/h3-6,9-10,12-13H,7-8,11H2,1-2H3,(H,28,29). The third-order valence-corrected chi connectivity index (χ3v) is 5.42. The Kier molecular flexibility index (Phi) is 4.70. The summed E-state index contributed by atoms with van der Waals surface area (Å²) in [5.41, 5.74) is 3.27. The number of carbonyl (C=O) groups excluding carboxylic acids is 1. The van der Waals surface area contributed by atoms with E-state index in [1.54, 1.807) is 19.3 Å². The quantitative estimate of drug-likeness (QED) is 0.722. The van der Waals surface area contributed by atoms with Crippen molar-refractivity contribution in [1.82, 2.24) is 19.4 Å². The molecule has 0 spiro atoms. The maximum Gasteiger partial charge on any atom is 0.407 e. The van der Waals surface area contributed by atoms with Crippen molar-refractivity contribution in [2.45, 2.75) is 13.0 Å². The maximum absolute atomic E-state index is 14.8. The molecular formula is C21H21FN4O3. The third kappa shape index (κ3) is 3.41. The van der Waals surface area contributed by atoms with E-state index in [1.165, 1.54) is 21.9 Å². The summed E-state index contributed by atoms with van der Waals surface area (Å²) in [6, 6.07) is 9.94. The minimum absolute atomic E-state index is 0.0105. The van der Waals surface area contributed by atoms with Crippen molar-refractivity contribution < 1.29 is 19.1 Å². The van der Waals surface area contributed by atoms with Gasteiger partial charge in [-0.1, -0.05) is 12.1 Å². The van der Waals surface area contributed by atoms with E-state index in [0.29, 0.717) is 5.56 Å². The summed E-state index contributed by atoms with van der Waals surface area (Å²) in [5, 5.41) is 9.16. The van der Waals surface area contributed by atoms with Crippen molar-refractivity contribution >= 4 is 23.0 Å². The van der Waals surface area contributed by atoms with Crippen LogP contribution in [0, 0.1) is 5.82 Å². The fourth-order valence-electron chi connectivity index (χ4n) is 3.78. The van der Waals surface area contributed by atoms with Crippen LogP contribution in [0.2, 0.25) is 0 Å². The van der Waals surface area contributed by atoms with Gasteiger partial charge >= 0.3 is 6.09 Å². The zero-order chi connectivity index (χ0) is 20.7. The van der Waals surface area contributed by atoms with Gasteiger partial charge in [0.15, 0.2) is 0 Å². The van der Waals surface area contributed by atoms with Gasteiger partial charge in [0.1, 0.15) is 5.82 Å². The predicted molar refractivity (Wildman–Crippen MR) is 106 cm³/mol. The maximum atomic E-state index is 14.8. The van der Waals surface area contributed by atoms with Gasteiger partial charge in [-0.25, -0.2) is 14.2 Å². The lowest BCUT2D eigenvalue weighted by atomic mass is 10.0. The van der Waals surface area contributed by atoms with E-state index in [1.807, 2.05) is 29.8 Å². The first-order chi connectivity index (χ1) is 13.8. The van der Waals surface area contributed by atoms with Crippen LogP contribution in [0.3, 0.4) is 0 Å². The second kappa shape index (κ2) is 7.20. The number of hydrogen-bond donors (Lipinski definition) is 1. The van der Waals surface area contributed by atoms with Crippen LogP contribution in [0.15, 0.2) is 42.7 Å². The molecule has 2 amide bonds. The number of amides is 2. The summed E-state index contributed by atoms with van der Waals surface area (Å²) in [6.07, 6.45) is 0.715. The van der Waals surface area contributed by atoms with E-state index >= 15 is 0 Å². The number of carbonyl (C=O) groups is 2. The van der Waals surface area contributed by atoms with Gasteiger partial charge in [0.05, 0.1) is 22.9 Å². The Morgan fingerprint density at radius 3 is 2.55 bits per heavy atom. The number of fused-ring (bicyclic) bond motifs is 1. The summed E-state index contributed by atoms with van der Waals surface area (Å²) in [5.74, 6) is -1.02. The van der Waals surface area contributed by atoms with Gasteiger partial charge in [-0.3, -0.25) is 4.79 Å². The Bertz CT molecular complexity index is 1110. The number of piperazine rings is 1. The lowest BCUT2D eigenvalue weighted by Gasteiger charge is -2.38. The molecule has 3 aromatic rings. The Morgan fingerprint density at radius 2 is 1.86 bits per heavy atom. The number of nitrogens with zero attached hydrogens (tertiary/aromatic N) is 4. The average Bonchev–Trinajstić information content (AvgIpc) is 3.07. The lowest BCUT2D eigenvalue weighted by molar-refractivity contribution is 0.0503. The fourth-order valence-corrected chi connectivity index (χ4v) is 3.78. The van der Waals surface area contributed by atoms with E-state index in [0.717, 1.165) is 16.6 Å². The highest BCUT2D eigenvalue weighted by Crippen LogP contribution is 2.26. The summed E-state index contributed by atoms with van der Waals surface area (Å²) < 4.78 is 16.7. The highest BCUT2D eigenvalue weighted by molar-refractivity contribution is 5.95. The number of rotatable bonds is 2. The highest BCUT2D eigenvalue weighted by Gasteiger charge is 2.30. The molecule has 0 bridgehead atoms. The van der Waals surface area contributed by atoms with Crippen LogP contribution in [0.25, 0.3) is 22.2 Å². The van der Waals surface area contributed by atoms with Gasteiger partial charge in [0, 0.05) is 32.7 Å². The van der Waals surface area contributed by atoms with Crippen molar-refractivity contribution in [2.24, 2.45) is 7.05 Å². The first-order valence-corrected chi connectivity index (χ1v) is 9.35. The number of hydrogen-bond acceptors (Lipinski definition) is 3. The van der Waals surface area contributed by atoms with E-state index < -0.39 is 17.8 Å². The number of imidazole rings is 1. The molecule has 2 heterocycles. The molecule has 1 saturated heterocycles. The summed E-state index contributed by atoms with van der Waals surface area (Å²) >= 11 is 0. The van der Waals surface area contributed by atoms with Gasteiger partial charge in [0.2, 0.25) is 0 Å². The molecule has 0 aliphatic carbocycles. The number of carboxylic acid groups (broad SMARTS) is 1. The molecule has 1 fully saturated rings. The lowest BCUT2D eigenvalue weighted by Crippen LogP contribution is -2.55. The van der Waals surface area contributed by atoms with Crippen LogP contribution in [0.1, 0.15) is 17.3 Å². The van der Waals surface area contributed by atoms with Gasteiger partial charge in [-0.05, 0) is 42.3 Å². The van der Waals surface area contributed by atoms with E-state index in [2.05, 4.69) is 4.98 Å². The molecule has 1 atom stereocenters. The molecule has 1 aliphatic heterocycles. The largest absolute Gasteiger partial charge is 0.465 e. The summed E-state index contributed by atoms with van der Waals surface area (Å²) in [4.78, 5) is 31.1. The topological polar surface area (TPSA) is 78.7 Å². The smallest absolute Gasteiger partial charge is 0.407 e. The van der Waals surface area contributed by atoms with Crippen LogP contribution in [0.5, 0.6) is 0 Å². The van der Waals surface area contributed by atoms with Crippen molar-refractivity contribution in [1.29, 1.82) is 0 Å². The van der Waals surface area contributed by atoms with Crippen LogP contribution in [-0.4, -0.2) is 62.1 Å². The molecule has 150 valence electrons. The van der Waals surface area contributed by atoms with Gasteiger partial charge in [-0.15, -0.1) is 0 Å². The van der Waals surface area contributed by atoms with Gasteiger partial charge in [0.25, 0.3) is 5.91 Å². The summed E-state index contributed by atoms with van der Waals surface area (Å²) in [6.45, 7) is 2.43. The number of aromatic nitrogens is 2. The number of benzene rings is 2. The van der Waals surface area contributed by atoms with Crippen molar-refractivity contribution in [3.8, 4) is 11.1 Å². The summed E-state index contributed by atoms with van der Waals surface area (Å²) in [7, 11) is 1.91. The van der Waals surface area contributed by atoms with Crippen molar-refractivity contribution in [3.63, 3.8) is 0 Å². The van der Waals surface area contributed by atoms with Gasteiger partial charge in [-0.2, -0.15) is 0 Å². The zero-order valence-electron chi connectivity index (χ0n) is 16.2. The Balaban J connectivity index is 1.56. The Labute approximate surface area is 167 Å². The zero-order valence-corrected chi connectivity index (χ0v) is 16.2. The monoisotopic (exact) mass is 396 g/mol. The Morgan fingerprint density at radius 1 is 1.14 bits per heavy atom. The Hall–Kier alpha value is -3.42. The van der Waals surface area contributed by atoms with Crippen LogP contribution >= 0.6 is 0 Å². The minimum atomic E-state index is -1.01. The molecule has 0 saturated carbocycles. The fraction of sp³-hybridized carbons (Fsp3) is 0.286. The molecule has 1 aromatic heterocycles. The molecule has 29 heavy (non-hydrogen) atoms.